The molecule has 54 valence electrons. The van der Waals surface area contributed by atoms with Crippen LogP contribution in [0, 0.1) is 0 Å². The van der Waals surface area contributed by atoms with E-state index in [1.54, 1.807) is 20.3 Å². The van der Waals surface area contributed by atoms with Crippen LogP contribution < -0.4 is 0 Å². The fraction of sp³-hybridized carbons (Fsp3) is 0.333. The van der Waals surface area contributed by atoms with E-state index in [9.17, 15) is 4.79 Å². The monoisotopic (exact) mass is 139 g/mol. The van der Waals surface area contributed by atoms with Gasteiger partial charge in [-0.25, -0.2) is 4.98 Å². The van der Waals surface area contributed by atoms with Crippen LogP contribution in [0.25, 0.3) is 0 Å². The van der Waals surface area contributed by atoms with Crippen molar-refractivity contribution in [3.05, 3.63) is 18.2 Å². The van der Waals surface area contributed by atoms with E-state index in [0.29, 0.717) is 5.69 Å². The summed E-state index contributed by atoms with van der Waals surface area (Å²) in [6.45, 7) is 0. The van der Waals surface area contributed by atoms with E-state index in [1.165, 1.54) is 11.2 Å². The molecule has 1 aromatic rings. The molecule has 1 amide bonds. The lowest BCUT2D eigenvalue weighted by atomic mass is 10.4. The Labute approximate surface area is 58.9 Å². The molecule has 0 radical (unpaired) electrons. The number of rotatable bonds is 1. The van der Waals surface area contributed by atoms with E-state index in [0.717, 1.165) is 0 Å². The summed E-state index contributed by atoms with van der Waals surface area (Å²) in [6.07, 6.45) is 3.05. The van der Waals surface area contributed by atoms with Crippen LogP contribution in [0.1, 0.15) is 10.5 Å². The number of carbonyl (C=O) groups excluding carboxylic acids is 1. The Morgan fingerprint density at radius 3 is 2.80 bits per heavy atom. The molecule has 0 aliphatic rings. The first-order chi connectivity index (χ1) is 4.72. The van der Waals surface area contributed by atoms with Crippen LogP contribution in [-0.2, 0) is 0 Å². The standard InChI is InChI=1S/C6H9N3O/c1-9(2)6(10)5-3-7-4-8-5/h3-4H,1-2H3,(H,7,8). The second-order valence-corrected chi connectivity index (χ2v) is 2.15. The summed E-state index contributed by atoms with van der Waals surface area (Å²) < 4.78 is 0. The van der Waals surface area contributed by atoms with Gasteiger partial charge in [-0.05, 0) is 0 Å². The summed E-state index contributed by atoms with van der Waals surface area (Å²) in [5.74, 6) is -0.0822. The Bertz CT molecular complexity index is 215. The normalized spacial score (nSPS) is 9.40. The third-order valence-corrected chi connectivity index (χ3v) is 1.12. The van der Waals surface area contributed by atoms with E-state index >= 15 is 0 Å². The smallest absolute Gasteiger partial charge is 0.273 e. The van der Waals surface area contributed by atoms with Crippen molar-refractivity contribution in [2.24, 2.45) is 0 Å². The van der Waals surface area contributed by atoms with Gasteiger partial charge in [-0.1, -0.05) is 0 Å². The molecule has 0 fully saturated rings. The summed E-state index contributed by atoms with van der Waals surface area (Å²) in [7, 11) is 3.38. The van der Waals surface area contributed by atoms with E-state index in [4.69, 9.17) is 0 Å². The summed E-state index contributed by atoms with van der Waals surface area (Å²) in [5.41, 5.74) is 0.449. The second kappa shape index (κ2) is 2.51. The highest BCUT2D eigenvalue weighted by molar-refractivity contribution is 5.91. The van der Waals surface area contributed by atoms with Gasteiger partial charge >= 0.3 is 0 Å². The third-order valence-electron chi connectivity index (χ3n) is 1.12. The predicted molar refractivity (Wildman–Crippen MR) is 36.6 cm³/mol. The maximum absolute atomic E-state index is 11.0. The first-order valence-corrected chi connectivity index (χ1v) is 2.92. The number of amides is 1. The minimum absolute atomic E-state index is 0.0822. The Kier molecular flexibility index (Phi) is 1.71. The lowest BCUT2D eigenvalue weighted by Gasteiger charge is -2.05. The average Bonchev–Trinajstić information content (AvgIpc) is 2.36. The van der Waals surface area contributed by atoms with Crippen molar-refractivity contribution in [2.45, 2.75) is 0 Å². The van der Waals surface area contributed by atoms with Crippen molar-refractivity contribution in [2.75, 3.05) is 14.1 Å². The van der Waals surface area contributed by atoms with E-state index in [2.05, 4.69) is 9.97 Å². The molecule has 10 heavy (non-hydrogen) atoms. The zero-order valence-electron chi connectivity index (χ0n) is 5.96. The molecule has 4 nitrogen and oxygen atoms in total. The van der Waals surface area contributed by atoms with E-state index in [-0.39, 0.29) is 5.91 Å². The van der Waals surface area contributed by atoms with E-state index in [1.807, 2.05) is 0 Å². The molecular formula is C6H9N3O. The van der Waals surface area contributed by atoms with Gasteiger partial charge in [0.2, 0.25) is 0 Å². The molecular weight excluding hydrogens is 130 g/mol. The first kappa shape index (κ1) is 6.80. The maximum Gasteiger partial charge on any atom is 0.273 e. The van der Waals surface area contributed by atoms with Gasteiger partial charge in [-0.3, -0.25) is 4.79 Å². The number of carbonyl (C=O) groups is 1. The van der Waals surface area contributed by atoms with Gasteiger partial charge < -0.3 is 9.88 Å². The number of hydrogen-bond donors (Lipinski definition) is 1. The molecule has 4 heteroatoms. The molecule has 0 aliphatic heterocycles. The second-order valence-electron chi connectivity index (χ2n) is 2.15. The largest absolute Gasteiger partial charge is 0.350 e. The van der Waals surface area contributed by atoms with Gasteiger partial charge in [-0.2, -0.15) is 0 Å². The molecule has 0 atom stereocenters. The fourth-order valence-electron chi connectivity index (χ4n) is 0.606. The number of imidazole rings is 1. The van der Waals surface area contributed by atoms with Gasteiger partial charge in [0, 0.05) is 20.3 Å². The van der Waals surface area contributed by atoms with Crippen molar-refractivity contribution in [1.29, 1.82) is 0 Å². The Morgan fingerprint density at radius 2 is 2.40 bits per heavy atom. The molecule has 0 aliphatic carbocycles. The van der Waals surface area contributed by atoms with Gasteiger partial charge in [0.1, 0.15) is 5.69 Å². The summed E-state index contributed by atoms with van der Waals surface area (Å²) in [5, 5.41) is 0. The van der Waals surface area contributed by atoms with Gasteiger partial charge in [0.15, 0.2) is 0 Å². The van der Waals surface area contributed by atoms with Crippen LogP contribution in [0.2, 0.25) is 0 Å². The van der Waals surface area contributed by atoms with Crippen LogP contribution in [0.5, 0.6) is 0 Å². The molecule has 0 aromatic carbocycles. The molecule has 1 rings (SSSR count). The summed E-state index contributed by atoms with van der Waals surface area (Å²) in [4.78, 5) is 19.0. The molecule has 0 bridgehead atoms. The molecule has 0 saturated heterocycles. The molecule has 0 saturated carbocycles. The number of aromatic nitrogens is 2. The number of nitrogens with zero attached hydrogens (tertiary/aromatic N) is 2. The Balaban J connectivity index is 2.78. The minimum atomic E-state index is -0.0822. The number of hydrogen-bond acceptors (Lipinski definition) is 2. The number of aromatic amines is 1. The molecule has 1 heterocycles. The topological polar surface area (TPSA) is 49.0 Å². The highest BCUT2D eigenvalue weighted by Gasteiger charge is 2.07. The SMILES string of the molecule is CN(C)C(=O)c1c[nH]cn1. The molecule has 1 N–H and O–H groups in total. The van der Waals surface area contributed by atoms with Crippen molar-refractivity contribution in [3.63, 3.8) is 0 Å². The summed E-state index contributed by atoms with van der Waals surface area (Å²) >= 11 is 0. The zero-order valence-corrected chi connectivity index (χ0v) is 5.96. The predicted octanol–water partition coefficient (Wildman–Crippen LogP) is 0.111. The Morgan fingerprint density at radius 1 is 1.70 bits per heavy atom. The zero-order chi connectivity index (χ0) is 7.56. The van der Waals surface area contributed by atoms with Gasteiger partial charge in [0.25, 0.3) is 5.91 Å². The van der Waals surface area contributed by atoms with Crippen LogP contribution in [0.4, 0.5) is 0 Å². The first-order valence-electron chi connectivity index (χ1n) is 2.92. The highest BCUT2D eigenvalue weighted by Crippen LogP contribution is 1.93. The van der Waals surface area contributed by atoms with Crippen LogP contribution in [0.15, 0.2) is 12.5 Å². The molecule has 0 spiro atoms. The molecule has 0 unspecified atom stereocenters. The molecule has 1 aromatic heterocycles. The number of nitrogens with one attached hydrogen (secondary N) is 1. The van der Waals surface area contributed by atoms with Gasteiger partial charge in [0.05, 0.1) is 6.33 Å². The number of H-pyrrole nitrogens is 1. The quantitative estimate of drug-likeness (QED) is 0.600. The average molecular weight is 139 g/mol. The summed E-state index contributed by atoms with van der Waals surface area (Å²) in [6, 6.07) is 0. The van der Waals surface area contributed by atoms with Crippen LogP contribution in [0.3, 0.4) is 0 Å². The van der Waals surface area contributed by atoms with Crippen molar-refractivity contribution in [3.8, 4) is 0 Å². The Hall–Kier alpha value is -1.32. The third kappa shape index (κ3) is 1.15. The van der Waals surface area contributed by atoms with Crippen molar-refractivity contribution < 1.29 is 4.79 Å². The van der Waals surface area contributed by atoms with Crippen molar-refractivity contribution >= 4 is 5.91 Å². The fourth-order valence-corrected chi connectivity index (χ4v) is 0.606. The lowest BCUT2D eigenvalue weighted by molar-refractivity contribution is 0.0822. The lowest BCUT2D eigenvalue weighted by Crippen LogP contribution is -2.21. The maximum atomic E-state index is 11.0. The highest BCUT2D eigenvalue weighted by atomic mass is 16.2. The van der Waals surface area contributed by atoms with Crippen molar-refractivity contribution in [1.82, 2.24) is 14.9 Å². The van der Waals surface area contributed by atoms with Crippen LogP contribution >= 0.6 is 0 Å². The van der Waals surface area contributed by atoms with Gasteiger partial charge in [-0.15, -0.1) is 0 Å². The minimum Gasteiger partial charge on any atom is -0.350 e. The van der Waals surface area contributed by atoms with Crippen LogP contribution in [-0.4, -0.2) is 34.9 Å². The van der Waals surface area contributed by atoms with E-state index < -0.39 is 0 Å².